The van der Waals surface area contributed by atoms with E-state index < -0.39 is 5.54 Å². The number of imidazole rings is 1. The van der Waals surface area contributed by atoms with Crippen molar-refractivity contribution in [2.75, 3.05) is 0 Å². The molecule has 2 heterocycles. The van der Waals surface area contributed by atoms with Crippen molar-refractivity contribution in [3.05, 3.63) is 178 Å². The number of tetrazole rings is 1. The standard InChI is InChI=1S/C41H37ClN6O/c1-2-3-23-38-43-37(29-49)39(42)47(38)28-30-24-26-31(27-25-30)35-21-13-14-22-36(35)40-44-46-48(45-40)41(32-15-7-4-8-16-32,33-17-9-5-10-18-33)34-19-11-6-12-20-34/h4-22,24-27,49H,2-3,23,28-29H2,1H3. The fourth-order valence-electron chi connectivity index (χ4n) is 6.57. The van der Waals surface area contributed by atoms with Crippen molar-refractivity contribution >= 4 is 11.6 Å². The zero-order chi connectivity index (χ0) is 33.6. The van der Waals surface area contributed by atoms with Crippen LogP contribution in [-0.4, -0.2) is 34.9 Å². The van der Waals surface area contributed by atoms with Crippen LogP contribution in [0.4, 0.5) is 0 Å². The Balaban J connectivity index is 1.27. The average Bonchev–Trinajstić information content (AvgIpc) is 3.77. The Morgan fingerprint density at radius 1 is 0.694 bits per heavy atom. The highest BCUT2D eigenvalue weighted by molar-refractivity contribution is 6.30. The van der Waals surface area contributed by atoms with Crippen LogP contribution in [0.1, 0.15) is 53.5 Å². The minimum atomic E-state index is -0.855. The van der Waals surface area contributed by atoms with Gasteiger partial charge >= 0.3 is 0 Å². The van der Waals surface area contributed by atoms with Crippen LogP contribution in [0.2, 0.25) is 5.15 Å². The zero-order valence-electron chi connectivity index (χ0n) is 27.3. The molecule has 0 spiro atoms. The monoisotopic (exact) mass is 664 g/mol. The van der Waals surface area contributed by atoms with E-state index >= 15 is 0 Å². The van der Waals surface area contributed by atoms with Crippen LogP contribution in [0, 0.1) is 0 Å². The van der Waals surface area contributed by atoms with Gasteiger partial charge in [-0.2, -0.15) is 0 Å². The van der Waals surface area contributed by atoms with Crippen molar-refractivity contribution in [1.29, 1.82) is 0 Å². The van der Waals surface area contributed by atoms with E-state index in [0.717, 1.165) is 64.0 Å². The molecule has 0 aliphatic heterocycles. The van der Waals surface area contributed by atoms with Gasteiger partial charge in [0.05, 0.1) is 13.2 Å². The molecule has 0 fully saturated rings. The highest BCUT2D eigenvalue weighted by Crippen LogP contribution is 2.40. The number of aliphatic hydroxyl groups is 1. The molecule has 0 aliphatic carbocycles. The lowest BCUT2D eigenvalue weighted by atomic mass is 9.77. The summed E-state index contributed by atoms with van der Waals surface area (Å²) in [5.74, 6) is 1.44. The molecule has 0 saturated carbocycles. The van der Waals surface area contributed by atoms with Crippen molar-refractivity contribution in [3.8, 4) is 22.5 Å². The van der Waals surface area contributed by atoms with E-state index in [1.54, 1.807) is 4.80 Å². The van der Waals surface area contributed by atoms with Gasteiger partial charge in [-0.05, 0) is 45.0 Å². The van der Waals surface area contributed by atoms with Gasteiger partial charge in [0.2, 0.25) is 5.82 Å². The van der Waals surface area contributed by atoms with Gasteiger partial charge in [-0.1, -0.05) is 164 Å². The van der Waals surface area contributed by atoms with E-state index in [9.17, 15) is 5.11 Å². The summed E-state index contributed by atoms with van der Waals surface area (Å²) in [4.78, 5) is 6.37. The van der Waals surface area contributed by atoms with Crippen molar-refractivity contribution < 1.29 is 5.11 Å². The maximum Gasteiger partial charge on any atom is 0.205 e. The van der Waals surface area contributed by atoms with Crippen molar-refractivity contribution in [3.63, 3.8) is 0 Å². The molecule has 0 amide bonds. The summed E-state index contributed by atoms with van der Waals surface area (Å²) in [6.07, 6.45) is 2.88. The molecular weight excluding hydrogens is 628 g/mol. The van der Waals surface area contributed by atoms with Gasteiger partial charge in [-0.3, -0.25) is 0 Å². The molecule has 7 aromatic rings. The smallest absolute Gasteiger partial charge is 0.205 e. The quantitative estimate of drug-likeness (QED) is 0.132. The number of unbranched alkanes of at least 4 members (excludes halogenated alkanes) is 1. The number of halogens is 1. The molecule has 2 aromatic heterocycles. The molecule has 244 valence electrons. The van der Waals surface area contributed by atoms with Crippen LogP contribution >= 0.6 is 11.6 Å². The molecule has 0 bridgehead atoms. The van der Waals surface area contributed by atoms with Crippen LogP contribution in [0.25, 0.3) is 22.5 Å². The second-order valence-electron chi connectivity index (χ2n) is 12.1. The summed E-state index contributed by atoms with van der Waals surface area (Å²) in [7, 11) is 0. The summed E-state index contributed by atoms with van der Waals surface area (Å²) in [6.45, 7) is 2.55. The Morgan fingerprint density at radius 3 is 1.80 bits per heavy atom. The van der Waals surface area contributed by atoms with Crippen molar-refractivity contribution in [2.24, 2.45) is 0 Å². The molecular formula is C41H37ClN6O. The molecule has 0 aliphatic rings. The molecule has 0 saturated heterocycles. The van der Waals surface area contributed by atoms with Gasteiger partial charge in [0.25, 0.3) is 0 Å². The maximum atomic E-state index is 9.77. The van der Waals surface area contributed by atoms with Gasteiger partial charge in [0.1, 0.15) is 16.7 Å². The van der Waals surface area contributed by atoms with Gasteiger partial charge < -0.3 is 9.67 Å². The Morgan fingerprint density at radius 2 is 1.24 bits per heavy atom. The van der Waals surface area contributed by atoms with Crippen LogP contribution in [-0.2, 0) is 25.1 Å². The summed E-state index contributed by atoms with van der Waals surface area (Å²) in [5, 5.41) is 24.9. The number of aryl methyl sites for hydroxylation is 1. The predicted octanol–water partition coefficient (Wildman–Crippen LogP) is 8.58. The molecule has 49 heavy (non-hydrogen) atoms. The third-order valence-corrected chi connectivity index (χ3v) is 9.44. The number of hydrogen-bond acceptors (Lipinski definition) is 5. The molecule has 5 aromatic carbocycles. The van der Waals surface area contributed by atoms with Gasteiger partial charge in [-0.15, -0.1) is 15.0 Å². The molecule has 1 N–H and O–H groups in total. The first-order valence-electron chi connectivity index (χ1n) is 16.6. The SMILES string of the molecule is CCCCc1nc(CO)c(Cl)n1Cc1ccc(-c2ccccc2-c2nnn(C(c3ccccc3)(c3ccccc3)c3ccccc3)n2)cc1. The Bertz CT molecular complexity index is 2030. The van der Waals surface area contributed by atoms with E-state index in [2.05, 4.69) is 78.6 Å². The number of hydrogen-bond donors (Lipinski definition) is 1. The van der Waals surface area contributed by atoms with E-state index in [1.165, 1.54) is 0 Å². The number of aromatic nitrogens is 6. The molecule has 0 radical (unpaired) electrons. The molecule has 8 heteroatoms. The lowest BCUT2D eigenvalue weighted by Gasteiger charge is -2.34. The second-order valence-corrected chi connectivity index (χ2v) is 12.4. The lowest BCUT2D eigenvalue weighted by molar-refractivity contribution is 0.277. The van der Waals surface area contributed by atoms with E-state index in [4.69, 9.17) is 27.0 Å². The summed E-state index contributed by atoms with van der Waals surface area (Å²) in [5.41, 5.74) is 6.77. The minimum Gasteiger partial charge on any atom is -0.390 e. The summed E-state index contributed by atoms with van der Waals surface area (Å²) in [6, 6.07) is 47.7. The highest BCUT2D eigenvalue weighted by atomic mass is 35.5. The van der Waals surface area contributed by atoms with E-state index in [0.29, 0.717) is 23.2 Å². The molecule has 0 unspecified atom stereocenters. The van der Waals surface area contributed by atoms with Crippen molar-refractivity contribution in [2.45, 2.75) is 44.9 Å². The summed E-state index contributed by atoms with van der Waals surface area (Å²) < 4.78 is 2.01. The number of benzene rings is 5. The Labute approximate surface area is 291 Å². The lowest BCUT2D eigenvalue weighted by Crippen LogP contribution is -2.39. The zero-order valence-corrected chi connectivity index (χ0v) is 28.1. The van der Waals surface area contributed by atoms with Crippen molar-refractivity contribution in [1.82, 2.24) is 29.8 Å². The summed E-state index contributed by atoms with van der Waals surface area (Å²) >= 11 is 6.64. The van der Waals surface area contributed by atoms with E-state index in [1.807, 2.05) is 77.4 Å². The first kappa shape index (κ1) is 32.2. The Hall–Kier alpha value is -5.37. The maximum absolute atomic E-state index is 9.77. The normalized spacial score (nSPS) is 11.6. The average molecular weight is 665 g/mol. The van der Waals surface area contributed by atoms with Gasteiger partial charge in [0, 0.05) is 12.0 Å². The number of aliphatic hydroxyl groups excluding tert-OH is 1. The fraction of sp³-hybridized carbons (Fsp3) is 0.171. The third-order valence-electron chi connectivity index (χ3n) is 9.02. The van der Waals surface area contributed by atoms with Gasteiger partial charge in [-0.25, -0.2) is 4.98 Å². The van der Waals surface area contributed by atoms with Gasteiger partial charge in [0.15, 0.2) is 5.54 Å². The van der Waals surface area contributed by atoms with E-state index in [-0.39, 0.29) is 6.61 Å². The predicted molar refractivity (Wildman–Crippen MR) is 194 cm³/mol. The molecule has 7 nitrogen and oxygen atoms in total. The minimum absolute atomic E-state index is 0.178. The largest absolute Gasteiger partial charge is 0.390 e. The Kier molecular flexibility index (Phi) is 9.46. The molecule has 0 atom stereocenters. The molecule has 7 rings (SSSR count). The second kappa shape index (κ2) is 14.4. The van der Waals surface area contributed by atoms with Crippen LogP contribution < -0.4 is 0 Å². The first-order chi connectivity index (χ1) is 24.1. The topological polar surface area (TPSA) is 81.7 Å². The fourth-order valence-corrected chi connectivity index (χ4v) is 6.83. The number of nitrogens with zero attached hydrogens (tertiary/aromatic N) is 6. The third kappa shape index (κ3) is 6.19. The first-order valence-corrected chi connectivity index (χ1v) is 17.0. The van der Waals surface area contributed by atoms with Crippen LogP contribution in [0.15, 0.2) is 140 Å². The highest BCUT2D eigenvalue weighted by Gasteiger charge is 2.41. The van der Waals surface area contributed by atoms with Crippen LogP contribution in [0.3, 0.4) is 0 Å². The van der Waals surface area contributed by atoms with Crippen LogP contribution in [0.5, 0.6) is 0 Å². The number of rotatable bonds is 12.